The molecule has 0 radical (unpaired) electrons. The van der Waals surface area contributed by atoms with Gasteiger partial charge in [0.25, 0.3) is 5.91 Å². The molecule has 1 aromatic carbocycles. The maximum atomic E-state index is 13.7. The zero-order valence-corrected chi connectivity index (χ0v) is 20.1. The van der Waals surface area contributed by atoms with E-state index >= 15 is 0 Å². The lowest BCUT2D eigenvalue weighted by Gasteiger charge is -2.43. The maximum Gasteiger partial charge on any atom is 0.266 e. The molecule has 2 aliphatic rings. The first-order chi connectivity index (χ1) is 15.4. The van der Waals surface area contributed by atoms with Crippen molar-refractivity contribution < 1.29 is 23.2 Å². The zero-order valence-electron chi connectivity index (χ0n) is 19.3. The number of nitrogens with zero attached hydrogens (tertiary/aromatic N) is 2. The Bertz CT molecular complexity index is 843. The first kappa shape index (κ1) is 25.1. The number of piperidine rings is 2. The van der Waals surface area contributed by atoms with Crippen LogP contribution in [0.3, 0.4) is 0 Å². The van der Waals surface area contributed by atoms with Gasteiger partial charge in [-0.2, -0.15) is 0 Å². The molecule has 0 aliphatic carbocycles. The Hall–Kier alpha value is -1.52. The molecule has 0 spiro atoms. The van der Waals surface area contributed by atoms with Crippen molar-refractivity contribution in [1.82, 2.24) is 14.7 Å². The third kappa shape index (κ3) is 5.17. The Kier molecular flexibility index (Phi) is 8.68. The summed E-state index contributed by atoms with van der Waals surface area (Å²) in [6.45, 7) is 5.12. The average molecular weight is 468 g/mol. The molecule has 9 heteroatoms. The van der Waals surface area contributed by atoms with Gasteiger partial charge in [0.1, 0.15) is 0 Å². The van der Waals surface area contributed by atoms with E-state index in [4.69, 9.17) is 4.74 Å². The molecule has 0 saturated carbocycles. The van der Waals surface area contributed by atoms with Gasteiger partial charge < -0.3 is 9.64 Å². The topological polar surface area (TPSA) is 99.2 Å². The fourth-order valence-electron chi connectivity index (χ4n) is 4.98. The fourth-order valence-corrected chi connectivity index (χ4v) is 7.15. The number of hydroxylamine groups is 1. The number of carbonyl (C=O) groups excluding carboxylic acids is 1. The molecular weight excluding hydrogens is 430 g/mol. The van der Waals surface area contributed by atoms with Crippen molar-refractivity contribution in [2.75, 3.05) is 46.4 Å². The minimum absolute atomic E-state index is 0.157. The molecule has 2 N–H and O–H groups in total. The van der Waals surface area contributed by atoms with Gasteiger partial charge in [0.2, 0.25) is 10.0 Å². The van der Waals surface area contributed by atoms with Crippen LogP contribution in [0.2, 0.25) is 0 Å². The minimum atomic E-state index is -3.92. The van der Waals surface area contributed by atoms with Gasteiger partial charge in [-0.1, -0.05) is 37.6 Å². The summed E-state index contributed by atoms with van der Waals surface area (Å²) >= 11 is 0. The molecule has 3 rings (SSSR count). The summed E-state index contributed by atoms with van der Waals surface area (Å²) in [6.07, 6.45) is 3.94. The van der Waals surface area contributed by atoms with Crippen LogP contribution in [0.25, 0.3) is 0 Å². The second-order valence-corrected chi connectivity index (χ2v) is 11.2. The van der Waals surface area contributed by atoms with Crippen molar-refractivity contribution in [2.24, 2.45) is 0 Å². The minimum Gasteiger partial charge on any atom is -0.383 e. The number of carbonyl (C=O) groups is 1. The highest BCUT2D eigenvalue weighted by atomic mass is 32.2. The number of likely N-dealkylation sites (tertiary alicyclic amines) is 1. The van der Waals surface area contributed by atoms with Crippen molar-refractivity contribution >= 4 is 15.9 Å². The van der Waals surface area contributed by atoms with E-state index in [-0.39, 0.29) is 12.8 Å². The van der Waals surface area contributed by atoms with Gasteiger partial charge >= 0.3 is 0 Å². The van der Waals surface area contributed by atoms with Crippen LogP contribution in [0.1, 0.15) is 56.1 Å². The first-order valence-electron chi connectivity index (χ1n) is 11.6. The number of methoxy groups -OCH3 is 1. The van der Waals surface area contributed by atoms with Crippen LogP contribution in [0.5, 0.6) is 0 Å². The monoisotopic (exact) mass is 467 g/mol. The summed E-state index contributed by atoms with van der Waals surface area (Å²) in [5, 5.41) is 9.36. The molecule has 1 amide bonds. The Balaban J connectivity index is 1.68. The molecule has 1 aromatic rings. The largest absolute Gasteiger partial charge is 0.383 e. The van der Waals surface area contributed by atoms with Gasteiger partial charge in [-0.25, -0.2) is 18.2 Å². The molecule has 2 saturated heterocycles. The highest BCUT2D eigenvalue weighted by Gasteiger charge is 2.55. The van der Waals surface area contributed by atoms with Crippen LogP contribution in [0.15, 0.2) is 24.3 Å². The summed E-state index contributed by atoms with van der Waals surface area (Å²) in [7, 11) is -2.29. The highest BCUT2D eigenvalue weighted by molar-refractivity contribution is 7.91. The molecule has 2 heterocycles. The lowest BCUT2D eigenvalue weighted by atomic mass is 9.89. The van der Waals surface area contributed by atoms with Crippen LogP contribution >= 0.6 is 0 Å². The SMILES string of the molecule is CCCc1ccc(C2CCN(S(=O)(=O)C3(C(=O)NO)CCN(CCOC)CC3)CC2)cc1. The van der Waals surface area contributed by atoms with Crippen LogP contribution < -0.4 is 5.48 Å². The van der Waals surface area contributed by atoms with Crippen molar-refractivity contribution in [3.63, 3.8) is 0 Å². The third-order valence-electron chi connectivity index (χ3n) is 7.07. The van der Waals surface area contributed by atoms with Crippen molar-refractivity contribution in [3.8, 4) is 0 Å². The molecule has 0 unspecified atom stereocenters. The van der Waals surface area contributed by atoms with Gasteiger partial charge in [0.05, 0.1) is 6.61 Å². The molecule has 2 aliphatic heterocycles. The molecular formula is C23H37N3O5S. The summed E-state index contributed by atoms with van der Waals surface area (Å²) in [6, 6.07) is 8.66. The van der Waals surface area contributed by atoms with E-state index in [1.807, 2.05) is 0 Å². The molecule has 2 fully saturated rings. The van der Waals surface area contributed by atoms with E-state index in [0.29, 0.717) is 45.2 Å². The third-order valence-corrected chi connectivity index (χ3v) is 9.69. The standard InChI is InChI=1S/C23H37N3O5S/c1-3-4-19-5-7-20(8-6-19)21-9-13-26(14-10-21)32(29,30)23(22(27)24-28)11-15-25(16-12-23)17-18-31-2/h5-8,21,28H,3-4,9-18H2,1-2H3,(H,24,27). The van der Waals surface area contributed by atoms with Gasteiger partial charge in [-0.15, -0.1) is 0 Å². The molecule has 8 nitrogen and oxygen atoms in total. The number of aryl methyl sites for hydroxylation is 1. The van der Waals surface area contributed by atoms with Crippen molar-refractivity contribution in [1.29, 1.82) is 0 Å². The Morgan fingerprint density at radius 1 is 1.16 bits per heavy atom. The summed E-state index contributed by atoms with van der Waals surface area (Å²) in [5.74, 6) is -0.506. The number of sulfonamides is 1. The molecule has 0 aromatic heterocycles. The molecule has 0 atom stereocenters. The molecule has 0 bridgehead atoms. The number of nitrogens with one attached hydrogen (secondary N) is 1. The Labute approximate surface area is 191 Å². The van der Waals surface area contributed by atoms with Crippen molar-refractivity contribution in [2.45, 2.75) is 56.1 Å². The second-order valence-electron chi connectivity index (χ2n) is 8.94. The van der Waals surface area contributed by atoms with E-state index in [1.54, 1.807) is 12.6 Å². The Morgan fingerprint density at radius 3 is 2.31 bits per heavy atom. The normalized spacial score (nSPS) is 20.8. The van der Waals surface area contributed by atoms with Gasteiger partial charge in [-0.05, 0) is 49.1 Å². The number of hydrogen-bond donors (Lipinski definition) is 2. The van der Waals surface area contributed by atoms with Crippen molar-refractivity contribution in [3.05, 3.63) is 35.4 Å². The van der Waals surface area contributed by atoms with Gasteiger partial charge in [-0.3, -0.25) is 10.0 Å². The van der Waals surface area contributed by atoms with E-state index in [9.17, 15) is 18.4 Å². The summed E-state index contributed by atoms with van der Waals surface area (Å²) in [5.41, 5.74) is 4.21. The van der Waals surface area contributed by atoms with E-state index in [0.717, 1.165) is 25.7 Å². The van der Waals surface area contributed by atoms with Crippen LogP contribution in [-0.2, 0) is 26.0 Å². The van der Waals surface area contributed by atoms with E-state index < -0.39 is 20.7 Å². The van der Waals surface area contributed by atoms with Crippen LogP contribution in [-0.4, -0.2) is 79.9 Å². The van der Waals surface area contributed by atoms with Gasteiger partial charge in [0.15, 0.2) is 4.75 Å². The number of rotatable bonds is 9. The predicted octanol–water partition coefficient (Wildman–Crippen LogP) is 2.13. The highest BCUT2D eigenvalue weighted by Crippen LogP contribution is 2.37. The fraction of sp³-hybridized carbons (Fsp3) is 0.696. The first-order valence-corrected chi connectivity index (χ1v) is 13.1. The second kappa shape index (κ2) is 11.1. The zero-order chi connectivity index (χ0) is 23.2. The quantitative estimate of drug-likeness (QED) is 0.426. The molecule has 180 valence electrons. The maximum absolute atomic E-state index is 13.7. The summed E-state index contributed by atoms with van der Waals surface area (Å²) < 4.78 is 32.3. The number of benzene rings is 1. The van der Waals surface area contributed by atoms with Crippen LogP contribution in [0, 0.1) is 0 Å². The molecule has 32 heavy (non-hydrogen) atoms. The predicted molar refractivity (Wildman–Crippen MR) is 123 cm³/mol. The summed E-state index contributed by atoms with van der Waals surface area (Å²) in [4.78, 5) is 14.8. The lowest BCUT2D eigenvalue weighted by molar-refractivity contribution is -0.133. The lowest BCUT2D eigenvalue weighted by Crippen LogP contribution is -2.62. The van der Waals surface area contributed by atoms with Gasteiger partial charge in [0, 0.05) is 39.8 Å². The Morgan fingerprint density at radius 2 is 1.78 bits per heavy atom. The number of ether oxygens (including phenoxy) is 1. The van der Waals surface area contributed by atoms with E-state index in [2.05, 4.69) is 36.1 Å². The van der Waals surface area contributed by atoms with Crippen LogP contribution in [0.4, 0.5) is 0 Å². The number of amides is 1. The smallest absolute Gasteiger partial charge is 0.266 e. The average Bonchev–Trinajstić information content (AvgIpc) is 2.83. The number of hydrogen-bond acceptors (Lipinski definition) is 6. The van der Waals surface area contributed by atoms with E-state index in [1.165, 1.54) is 15.4 Å².